The van der Waals surface area contributed by atoms with Gasteiger partial charge in [0.2, 0.25) is 0 Å². The second-order valence-corrected chi connectivity index (χ2v) is 5.46. The molecule has 0 aromatic carbocycles. The van der Waals surface area contributed by atoms with E-state index < -0.39 is 0 Å². The molecule has 0 aliphatic carbocycles. The Kier molecular flexibility index (Phi) is 1.92. The molecule has 1 fully saturated rings. The molecule has 0 saturated carbocycles. The zero-order chi connectivity index (χ0) is 11.3. The lowest BCUT2D eigenvalue weighted by Crippen LogP contribution is -2.53. The Labute approximate surface area is 98.8 Å². The summed E-state index contributed by atoms with van der Waals surface area (Å²) in [5.74, 6) is 0. The van der Waals surface area contributed by atoms with Gasteiger partial charge >= 0.3 is 0 Å². The molecule has 84 valence electrons. The highest BCUT2D eigenvalue weighted by Gasteiger charge is 2.35. The van der Waals surface area contributed by atoms with Gasteiger partial charge in [-0.2, -0.15) is 5.10 Å². The van der Waals surface area contributed by atoms with Gasteiger partial charge in [0.25, 0.3) is 0 Å². The van der Waals surface area contributed by atoms with E-state index in [4.69, 9.17) is 11.6 Å². The van der Waals surface area contributed by atoms with Gasteiger partial charge in [-0.25, -0.2) is 9.50 Å². The Morgan fingerprint density at radius 1 is 1.38 bits per heavy atom. The van der Waals surface area contributed by atoms with E-state index in [1.165, 1.54) is 0 Å². The predicted molar refractivity (Wildman–Crippen MR) is 64.0 cm³/mol. The van der Waals surface area contributed by atoms with Gasteiger partial charge in [-0.1, -0.05) is 25.4 Å². The third kappa shape index (κ3) is 1.45. The minimum atomic E-state index is 0.388. The average molecular weight is 237 g/mol. The molecule has 0 atom stereocenters. The summed E-state index contributed by atoms with van der Waals surface area (Å²) in [5, 5.41) is 4.67. The van der Waals surface area contributed by atoms with Gasteiger partial charge in [-0.3, -0.25) is 0 Å². The van der Waals surface area contributed by atoms with Crippen LogP contribution in [0.2, 0.25) is 5.15 Å². The van der Waals surface area contributed by atoms with E-state index in [1.54, 1.807) is 10.7 Å². The number of fused-ring (bicyclic) bond motifs is 1. The molecule has 0 radical (unpaired) electrons. The number of hydrogen-bond acceptors (Lipinski definition) is 3. The zero-order valence-electron chi connectivity index (χ0n) is 9.31. The molecule has 1 aliphatic rings. The molecule has 0 unspecified atom stereocenters. The second-order valence-electron chi connectivity index (χ2n) is 5.07. The van der Waals surface area contributed by atoms with Crippen molar-refractivity contribution in [1.29, 1.82) is 0 Å². The number of rotatable bonds is 1. The number of halogens is 1. The first-order valence-electron chi connectivity index (χ1n) is 5.30. The van der Waals surface area contributed by atoms with Crippen LogP contribution in [0.25, 0.3) is 5.65 Å². The largest absolute Gasteiger partial charge is 0.367 e. The van der Waals surface area contributed by atoms with E-state index in [2.05, 4.69) is 28.8 Å². The molecule has 0 N–H and O–H groups in total. The highest BCUT2D eigenvalue weighted by molar-refractivity contribution is 6.29. The first-order valence-corrected chi connectivity index (χ1v) is 5.68. The van der Waals surface area contributed by atoms with Crippen molar-refractivity contribution >= 4 is 22.9 Å². The third-order valence-electron chi connectivity index (χ3n) is 2.89. The number of anilines is 1. The van der Waals surface area contributed by atoms with Crippen molar-refractivity contribution in [2.45, 2.75) is 13.8 Å². The topological polar surface area (TPSA) is 33.4 Å². The van der Waals surface area contributed by atoms with Gasteiger partial charge < -0.3 is 4.90 Å². The summed E-state index contributed by atoms with van der Waals surface area (Å²) in [5.41, 5.74) is 2.34. The lowest BCUT2D eigenvalue weighted by atomic mass is 9.84. The Balaban J connectivity index is 2.06. The molecule has 2 aromatic rings. The zero-order valence-corrected chi connectivity index (χ0v) is 10.1. The van der Waals surface area contributed by atoms with Crippen molar-refractivity contribution in [2.24, 2.45) is 5.41 Å². The van der Waals surface area contributed by atoms with Crippen LogP contribution in [0.4, 0.5) is 5.69 Å². The fourth-order valence-corrected chi connectivity index (χ4v) is 2.45. The highest BCUT2D eigenvalue weighted by Crippen LogP contribution is 2.35. The van der Waals surface area contributed by atoms with Crippen LogP contribution in [-0.4, -0.2) is 27.7 Å². The molecule has 0 amide bonds. The number of imidazole rings is 1. The second kappa shape index (κ2) is 3.10. The molecular weight excluding hydrogens is 224 g/mol. The first kappa shape index (κ1) is 9.90. The SMILES string of the molecule is CC1(C)CN(c2cc(Cl)nn3ccnc23)C1. The molecule has 1 aliphatic heterocycles. The van der Waals surface area contributed by atoms with Gasteiger partial charge in [0.15, 0.2) is 10.8 Å². The number of aromatic nitrogens is 3. The molecule has 16 heavy (non-hydrogen) atoms. The smallest absolute Gasteiger partial charge is 0.177 e. The van der Waals surface area contributed by atoms with E-state index in [0.717, 1.165) is 24.4 Å². The lowest BCUT2D eigenvalue weighted by Gasteiger charge is -2.47. The fourth-order valence-electron chi connectivity index (χ4n) is 2.26. The van der Waals surface area contributed by atoms with E-state index in [1.807, 2.05) is 12.3 Å². The van der Waals surface area contributed by atoms with E-state index in [-0.39, 0.29) is 0 Å². The van der Waals surface area contributed by atoms with E-state index in [9.17, 15) is 0 Å². The summed E-state index contributed by atoms with van der Waals surface area (Å²) in [6.45, 7) is 6.59. The third-order valence-corrected chi connectivity index (χ3v) is 3.07. The van der Waals surface area contributed by atoms with Crippen LogP contribution in [-0.2, 0) is 0 Å². The molecule has 3 rings (SSSR count). The minimum Gasteiger partial charge on any atom is -0.367 e. The Hall–Kier alpha value is -1.29. The molecular formula is C11H13ClN4. The number of nitrogens with zero attached hydrogens (tertiary/aromatic N) is 4. The highest BCUT2D eigenvalue weighted by atomic mass is 35.5. The van der Waals surface area contributed by atoms with E-state index in [0.29, 0.717) is 10.6 Å². The van der Waals surface area contributed by atoms with Crippen LogP contribution >= 0.6 is 11.6 Å². The van der Waals surface area contributed by atoms with Crippen molar-refractivity contribution in [1.82, 2.24) is 14.6 Å². The molecule has 1 saturated heterocycles. The maximum absolute atomic E-state index is 5.99. The monoisotopic (exact) mass is 236 g/mol. The lowest BCUT2D eigenvalue weighted by molar-refractivity contribution is 0.277. The van der Waals surface area contributed by atoms with Crippen LogP contribution < -0.4 is 4.90 Å². The Morgan fingerprint density at radius 3 is 2.81 bits per heavy atom. The molecule has 2 aromatic heterocycles. The van der Waals surface area contributed by atoms with Gasteiger partial charge in [0, 0.05) is 31.5 Å². The van der Waals surface area contributed by atoms with Crippen molar-refractivity contribution < 1.29 is 0 Å². The van der Waals surface area contributed by atoms with Crippen molar-refractivity contribution in [3.8, 4) is 0 Å². The maximum atomic E-state index is 5.99. The molecule has 0 spiro atoms. The minimum absolute atomic E-state index is 0.388. The summed E-state index contributed by atoms with van der Waals surface area (Å²) < 4.78 is 1.73. The van der Waals surface area contributed by atoms with Crippen molar-refractivity contribution in [3.05, 3.63) is 23.6 Å². The summed E-state index contributed by atoms with van der Waals surface area (Å²) in [6, 6.07) is 1.89. The summed E-state index contributed by atoms with van der Waals surface area (Å²) in [6.07, 6.45) is 3.56. The molecule has 4 nitrogen and oxygen atoms in total. The Bertz CT molecular complexity index is 538. The normalized spacial score (nSPS) is 18.8. The van der Waals surface area contributed by atoms with Crippen LogP contribution in [0, 0.1) is 5.41 Å². The van der Waals surface area contributed by atoms with Crippen LogP contribution in [0.1, 0.15) is 13.8 Å². The van der Waals surface area contributed by atoms with Crippen LogP contribution in [0.5, 0.6) is 0 Å². The molecule has 0 bridgehead atoms. The van der Waals surface area contributed by atoms with Gasteiger partial charge in [0.05, 0.1) is 5.69 Å². The number of hydrogen-bond donors (Lipinski definition) is 0. The average Bonchev–Trinajstić information content (AvgIpc) is 2.60. The Morgan fingerprint density at radius 2 is 2.12 bits per heavy atom. The molecule has 3 heterocycles. The van der Waals surface area contributed by atoms with E-state index >= 15 is 0 Å². The van der Waals surface area contributed by atoms with Crippen molar-refractivity contribution in [3.63, 3.8) is 0 Å². The van der Waals surface area contributed by atoms with Gasteiger partial charge in [-0.15, -0.1) is 0 Å². The maximum Gasteiger partial charge on any atom is 0.177 e. The van der Waals surface area contributed by atoms with Crippen LogP contribution in [0.3, 0.4) is 0 Å². The predicted octanol–water partition coefficient (Wildman–Crippen LogP) is 2.23. The summed E-state index contributed by atoms with van der Waals surface area (Å²) in [7, 11) is 0. The summed E-state index contributed by atoms with van der Waals surface area (Å²) >= 11 is 5.99. The summed E-state index contributed by atoms with van der Waals surface area (Å²) in [4.78, 5) is 6.60. The van der Waals surface area contributed by atoms with Gasteiger partial charge in [-0.05, 0) is 5.41 Å². The first-order chi connectivity index (χ1) is 7.55. The van der Waals surface area contributed by atoms with Gasteiger partial charge in [0.1, 0.15) is 0 Å². The van der Waals surface area contributed by atoms with Crippen molar-refractivity contribution in [2.75, 3.05) is 18.0 Å². The quantitative estimate of drug-likeness (QED) is 0.762. The molecule has 5 heteroatoms. The van der Waals surface area contributed by atoms with Crippen LogP contribution in [0.15, 0.2) is 18.5 Å². The fraction of sp³-hybridized carbons (Fsp3) is 0.455. The standard InChI is InChI=1S/C11H13ClN4/c1-11(2)6-15(7-11)8-5-9(12)14-16-4-3-13-10(8)16/h3-5H,6-7H2,1-2H3.